The van der Waals surface area contributed by atoms with Gasteiger partial charge in [0, 0.05) is 28.9 Å². The van der Waals surface area contributed by atoms with Crippen LogP contribution in [0.4, 0.5) is 9.52 Å². The van der Waals surface area contributed by atoms with Gasteiger partial charge in [0.2, 0.25) is 0 Å². The number of esters is 1. The maximum atomic E-state index is 13.2. The van der Waals surface area contributed by atoms with Crippen molar-refractivity contribution in [3.63, 3.8) is 0 Å². The van der Waals surface area contributed by atoms with E-state index >= 15 is 0 Å². The van der Waals surface area contributed by atoms with E-state index < -0.39 is 18.0 Å². The molecule has 2 aromatic carbocycles. The van der Waals surface area contributed by atoms with Gasteiger partial charge in [-0.2, -0.15) is 0 Å². The molecule has 0 saturated carbocycles. The minimum Gasteiger partial charge on any atom is -0.449 e. The Labute approximate surface area is 209 Å². The van der Waals surface area contributed by atoms with E-state index in [0.29, 0.717) is 33.2 Å². The molecule has 1 unspecified atom stereocenters. The van der Waals surface area contributed by atoms with Gasteiger partial charge in [0.25, 0.3) is 5.91 Å². The molecule has 3 aromatic heterocycles. The number of hydrogen-bond acceptors (Lipinski definition) is 7. The molecule has 0 spiro atoms. The molecule has 1 amide bonds. The van der Waals surface area contributed by atoms with Crippen molar-refractivity contribution in [2.75, 3.05) is 5.32 Å². The second-order valence-electron chi connectivity index (χ2n) is 7.90. The summed E-state index contributed by atoms with van der Waals surface area (Å²) in [6.07, 6.45) is 2.66. The number of carbonyl (C=O) groups excluding carboxylic acids is 2. The fraction of sp³-hybridized carbons (Fsp3) is 0.115. The summed E-state index contributed by atoms with van der Waals surface area (Å²) in [7, 11) is 0. The van der Waals surface area contributed by atoms with Gasteiger partial charge >= 0.3 is 5.97 Å². The summed E-state index contributed by atoms with van der Waals surface area (Å²) < 4.78 is 18.7. The number of nitrogens with zero attached hydrogens (tertiary/aromatic N) is 3. The standard InChI is InChI=1S/C26H20FN5O3S/c1-2-22(24(33)32-26-31-21(14-36-26)15-5-8-18(27)9-6-15)35-25(34)16-7-10-19-20(12-16)30-23(29-19)17-4-3-11-28-13-17/h3-14,22H,2H2,1H3,(H,29,30)(H,31,32,33). The van der Waals surface area contributed by atoms with E-state index in [9.17, 15) is 14.0 Å². The molecule has 0 saturated heterocycles. The van der Waals surface area contributed by atoms with Crippen LogP contribution in [0.15, 0.2) is 72.4 Å². The van der Waals surface area contributed by atoms with Crippen molar-refractivity contribution < 1.29 is 18.7 Å². The first-order valence-electron chi connectivity index (χ1n) is 11.1. The molecule has 0 fully saturated rings. The molecule has 5 rings (SSSR count). The van der Waals surface area contributed by atoms with Crippen LogP contribution in [0.5, 0.6) is 0 Å². The molecule has 3 heterocycles. The summed E-state index contributed by atoms with van der Waals surface area (Å²) >= 11 is 1.23. The molecule has 8 nitrogen and oxygen atoms in total. The van der Waals surface area contributed by atoms with Crippen LogP contribution in [0.1, 0.15) is 23.7 Å². The lowest BCUT2D eigenvalue weighted by molar-refractivity contribution is -0.124. The number of aromatic nitrogens is 4. The van der Waals surface area contributed by atoms with Crippen LogP contribution in [-0.2, 0) is 9.53 Å². The first-order valence-corrected chi connectivity index (χ1v) is 12.0. The van der Waals surface area contributed by atoms with E-state index in [1.54, 1.807) is 55.0 Å². The maximum absolute atomic E-state index is 13.2. The Balaban J connectivity index is 1.26. The fourth-order valence-corrected chi connectivity index (χ4v) is 4.29. The molecule has 0 radical (unpaired) electrons. The summed E-state index contributed by atoms with van der Waals surface area (Å²) in [5.41, 5.74) is 3.81. The summed E-state index contributed by atoms with van der Waals surface area (Å²) in [6, 6.07) is 14.6. The Hall–Kier alpha value is -4.44. The minimum absolute atomic E-state index is 0.283. The Kier molecular flexibility index (Phi) is 6.50. The maximum Gasteiger partial charge on any atom is 0.338 e. The minimum atomic E-state index is -1.00. The van der Waals surface area contributed by atoms with Gasteiger partial charge in [-0.05, 0) is 61.0 Å². The highest BCUT2D eigenvalue weighted by atomic mass is 32.1. The van der Waals surface area contributed by atoms with E-state index in [0.717, 1.165) is 11.1 Å². The summed E-state index contributed by atoms with van der Waals surface area (Å²) in [5.74, 6) is -0.802. The van der Waals surface area contributed by atoms with E-state index in [1.165, 1.54) is 23.5 Å². The number of fused-ring (bicyclic) bond motifs is 1. The lowest BCUT2D eigenvalue weighted by atomic mass is 10.2. The average molecular weight is 502 g/mol. The molecular weight excluding hydrogens is 481 g/mol. The third kappa shape index (κ3) is 4.98. The largest absolute Gasteiger partial charge is 0.449 e. The Bertz CT molecular complexity index is 1530. The van der Waals surface area contributed by atoms with Crippen molar-refractivity contribution in [2.24, 2.45) is 0 Å². The van der Waals surface area contributed by atoms with Gasteiger partial charge in [-0.15, -0.1) is 11.3 Å². The predicted molar refractivity (Wildman–Crippen MR) is 135 cm³/mol. The number of ether oxygens (including phenoxy) is 1. The number of rotatable bonds is 7. The number of amides is 1. The zero-order valence-corrected chi connectivity index (χ0v) is 19.9. The zero-order chi connectivity index (χ0) is 25.1. The number of imidazole rings is 1. The van der Waals surface area contributed by atoms with Gasteiger partial charge < -0.3 is 9.72 Å². The predicted octanol–water partition coefficient (Wildman–Crippen LogP) is 5.46. The van der Waals surface area contributed by atoms with Gasteiger partial charge in [-0.1, -0.05) is 6.92 Å². The van der Waals surface area contributed by atoms with Crippen LogP contribution in [0.2, 0.25) is 0 Å². The molecule has 0 aliphatic heterocycles. The molecule has 10 heteroatoms. The molecule has 5 aromatic rings. The van der Waals surface area contributed by atoms with Crippen LogP contribution in [-0.4, -0.2) is 37.9 Å². The van der Waals surface area contributed by atoms with Crippen molar-refractivity contribution in [1.29, 1.82) is 0 Å². The number of carbonyl (C=O) groups is 2. The Morgan fingerprint density at radius 1 is 1.11 bits per heavy atom. The molecule has 1 atom stereocenters. The van der Waals surface area contributed by atoms with Gasteiger partial charge in [0.05, 0.1) is 22.3 Å². The van der Waals surface area contributed by atoms with E-state index in [2.05, 4.69) is 25.3 Å². The Morgan fingerprint density at radius 3 is 2.69 bits per heavy atom. The van der Waals surface area contributed by atoms with Gasteiger partial charge in [-0.25, -0.2) is 19.2 Å². The quantitative estimate of drug-likeness (QED) is 0.287. The van der Waals surface area contributed by atoms with Crippen molar-refractivity contribution in [2.45, 2.75) is 19.4 Å². The number of H-pyrrole nitrogens is 1. The molecule has 2 N–H and O–H groups in total. The third-order valence-electron chi connectivity index (χ3n) is 5.44. The van der Waals surface area contributed by atoms with Crippen LogP contribution >= 0.6 is 11.3 Å². The monoisotopic (exact) mass is 501 g/mol. The summed E-state index contributed by atoms with van der Waals surface area (Å²) in [6.45, 7) is 1.75. The molecule has 0 aliphatic rings. The Morgan fingerprint density at radius 2 is 1.94 bits per heavy atom. The van der Waals surface area contributed by atoms with E-state index in [4.69, 9.17) is 4.74 Å². The first kappa shape index (κ1) is 23.3. The SMILES string of the molecule is CCC(OC(=O)c1ccc2nc(-c3cccnc3)[nH]c2c1)C(=O)Nc1nc(-c2ccc(F)cc2)cs1. The third-order valence-corrected chi connectivity index (χ3v) is 6.20. The van der Waals surface area contributed by atoms with Crippen molar-refractivity contribution in [3.8, 4) is 22.6 Å². The molecular formula is C26H20FN5O3S. The smallest absolute Gasteiger partial charge is 0.338 e. The van der Waals surface area contributed by atoms with E-state index in [-0.39, 0.29) is 12.2 Å². The first-order chi connectivity index (χ1) is 17.5. The lowest BCUT2D eigenvalue weighted by Crippen LogP contribution is -2.32. The second-order valence-corrected chi connectivity index (χ2v) is 8.75. The number of nitrogens with one attached hydrogen (secondary N) is 2. The number of thiazole rings is 1. The molecule has 0 bridgehead atoms. The van der Waals surface area contributed by atoms with E-state index in [1.807, 2.05) is 12.1 Å². The number of halogens is 1. The van der Waals surface area contributed by atoms with Gasteiger partial charge in [-0.3, -0.25) is 15.1 Å². The number of anilines is 1. The number of hydrogen-bond donors (Lipinski definition) is 2. The normalized spacial score (nSPS) is 11.8. The highest BCUT2D eigenvalue weighted by Gasteiger charge is 2.23. The van der Waals surface area contributed by atoms with Gasteiger partial charge in [0.1, 0.15) is 11.6 Å². The van der Waals surface area contributed by atoms with Crippen LogP contribution in [0, 0.1) is 5.82 Å². The molecule has 0 aliphatic carbocycles. The molecule has 180 valence electrons. The lowest BCUT2D eigenvalue weighted by Gasteiger charge is -2.15. The average Bonchev–Trinajstić information content (AvgIpc) is 3.54. The highest BCUT2D eigenvalue weighted by Crippen LogP contribution is 2.26. The summed E-state index contributed by atoms with van der Waals surface area (Å²) in [5, 5.41) is 4.81. The second kappa shape index (κ2) is 10.0. The topological polar surface area (TPSA) is 110 Å². The molecule has 36 heavy (non-hydrogen) atoms. The van der Waals surface area contributed by atoms with Crippen LogP contribution in [0.3, 0.4) is 0 Å². The number of benzene rings is 2. The summed E-state index contributed by atoms with van der Waals surface area (Å²) in [4.78, 5) is 41.8. The number of aromatic amines is 1. The highest BCUT2D eigenvalue weighted by molar-refractivity contribution is 7.14. The fourth-order valence-electron chi connectivity index (χ4n) is 3.57. The van der Waals surface area contributed by atoms with Crippen molar-refractivity contribution in [1.82, 2.24) is 19.9 Å². The zero-order valence-electron chi connectivity index (χ0n) is 19.1. The van der Waals surface area contributed by atoms with Crippen molar-refractivity contribution in [3.05, 3.63) is 83.8 Å². The van der Waals surface area contributed by atoms with Gasteiger partial charge in [0.15, 0.2) is 11.2 Å². The van der Waals surface area contributed by atoms with Crippen molar-refractivity contribution >= 4 is 39.4 Å². The van der Waals surface area contributed by atoms with Crippen LogP contribution in [0.25, 0.3) is 33.7 Å². The number of pyridine rings is 1. The van der Waals surface area contributed by atoms with Crippen LogP contribution < -0.4 is 5.32 Å².